The molecule has 1 aromatic rings. The van der Waals surface area contributed by atoms with Crippen molar-refractivity contribution in [1.29, 1.82) is 0 Å². The van der Waals surface area contributed by atoms with E-state index in [0.29, 0.717) is 5.56 Å². The number of carboxylic acid groups (broad SMARTS) is 1. The number of benzene rings is 1. The number of carboxylic acids is 1. The third kappa shape index (κ3) is 2.86. The van der Waals surface area contributed by atoms with Gasteiger partial charge in [-0.05, 0) is 12.5 Å². The molecule has 0 radical (unpaired) electrons. The average Bonchev–Trinajstić information content (AvgIpc) is 2.08. The Kier molecular flexibility index (Phi) is 3.01. The summed E-state index contributed by atoms with van der Waals surface area (Å²) in [4.78, 5) is 10.2. The van der Waals surface area contributed by atoms with Crippen molar-refractivity contribution in [2.45, 2.75) is 19.5 Å². The summed E-state index contributed by atoms with van der Waals surface area (Å²) in [6.45, 7) is 1.92. The van der Waals surface area contributed by atoms with Crippen LogP contribution in [0.15, 0.2) is 24.3 Å². The molecule has 0 fully saturated rings. The van der Waals surface area contributed by atoms with Crippen molar-refractivity contribution < 1.29 is 14.3 Å². The molecule has 0 aliphatic carbocycles. The summed E-state index contributed by atoms with van der Waals surface area (Å²) in [5, 5.41) is 8.32. The third-order valence-corrected chi connectivity index (χ3v) is 1.80. The van der Waals surface area contributed by atoms with Crippen LogP contribution in [0, 0.1) is 6.92 Å². The van der Waals surface area contributed by atoms with Gasteiger partial charge in [0.05, 0.1) is 0 Å². The van der Waals surface area contributed by atoms with E-state index in [1.807, 2.05) is 19.1 Å². The first-order valence-corrected chi connectivity index (χ1v) is 4.02. The molecule has 13 heavy (non-hydrogen) atoms. The summed E-state index contributed by atoms with van der Waals surface area (Å²) in [6.07, 6.45) is -1.86. The average molecular weight is 182 g/mol. The highest BCUT2D eigenvalue weighted by Crippen LogP contribution is 2.07. The normalized spacial score (nSPS) is 12.5. The first-order chi connectivity index (χ1) is 6.09. The molecule has 1 rings (SSSR count). The van der Waals surface area contributed by atoms with Gasteiger partial charge in [-0.3, -0.25) is 0 Å². The van der Waals surface area contributed by atoms with Crippen molar-refractivity contribution in [3.63, 3.8) is 0 Å². The van der Waals surface area contributed by atoms with Gasteiger partial charge in [0, 0.05) is 6.42 Å². The molecule has 0 aromatic heterocycles. The number of aliphatic carboxylic acids is 1. The Morgan fingerprint density at radius 2 is 2.00 bits per heavy atom. The van der Waals surface area contributed by atoms with Gasteiger partial charge in [-0.15, -0.1) is 0 Å². The van der Waals surface area contributed by atoms with Gasteiger partial charge in [0.25, 0.3) is 0 Å². The Hall–Kier alpha value is -1.38. The summed E-state index contributed by atoms with van der Waals surface area (Å²) in [7, 11) is 0. The van der Waals surface area contributed by atoms with E-state index < -0.39 is 12.1 Å². The van der Waals surface area contributed by atoms with E-state index >= 15 is 0 Å². The molecule has 0 amide bonds. The number of aryl methyl sites for hydroxylation is 1. The zero-order valence-corrected chi connectivity index (χ0v) is 7.33. The topological polar surface area (TPSA) is 37.3 Å². The monoisotopic (exact) mass is 182 g/mol. The largest absolute Gasteiger partial charge is 0.479 e. The van der Waals surface area contributed by atoms with Gasteiger partial charge < -0.3 is 5.11 Å². The number of carbonyl (C=O) groups is 1. The van der Waals surface area contributed by atoms with Crippen LogP contribution in [-0.2, 0) is 11.2 Å². The number of rotatable bonds is 3. The van der Waals surface area contributed by atoms with E-state index in [1.165, 1.54) is 0 Å². The van der Waals surface area contributed by atoms with Crippen LogP contribution in [0.1, 0.15) is 11.1 Å². The number of halogens is 1. The van der Waals surface area contributed by atoms with E-state index in [1.54, 1.807) is 12.1 Å². The standard InChI is InChI=1S/C10H11FO2/c1-7-2-4-8(5-3-7)6-9(11)10(12)13/h2-5,9H,6H2,1H3,(H,12,13)/t9-/m0/s1. The zero-order valence-electron chi connectivity index (χ0n) is 7.33. The maximum atomic E-state index is 12.7. The maximum Gasteiger partial charge on any atom is 0.338 e. The highest BCUT2D eigenvalue weighted by molar-refractivity contribution is 5.72. The van der Waals surface area contributed by atoms with Crippen LogP contribution in [0.25, 0.3) is 0 Å². The number of alkyl halides is 1. The lowest BCUT2D eigenvalue weighted by atomic mass is 10.1. The first-order valence-electron chi connectivity index (χ1n) is 4.02. The second-order valence-corrected chi connectivity index (χ2v) is 3.00. The summed E-state index contributed by atoms with van der Waals surface area (Å²) >= 11 is 0. The Morgan fingerprint density at radius 1 is 1.46 bits per heavy atom. The van der Waals surface area contributed by atoms with Crippen LogP contribution in [0.4, 0.5) is 4.39 Å². The summed E-state index contributed by atoms with van der Waals surface area (Å²) < 4.78 is 12.7. The lowest BCUT2D eigenvalue weighted by Gasteiger charge is -2.03. The molecule has 1 N–H and O–H groups in total. The van der Waals surface area contributed by atoms with E-state index in [9.17, 15) is 9.18 Å². The second-order valence-electron chi connectivity index (χ2n) is 3.00. The molecule has 2 nitrogen and oxygen atoms in total. The fourth-order valence-electron chi connectivity index (χ4n) is 1.02. The Labute approximate surface area is 76.0 Å². The summed E-state index contributed by atoms with van der Waals surface area (Å²) in [5.41, 5.74) is 1.79. The predicted molar refractivity (Wildman–Crippen MR) is 47.4 cm³/mol. The Morgan fingerprint density at radius 3 is 2.46 bits per heavy atom. The molecule has 70 valence electrons. The van der Waals surface area contributed by atoms with Gasteiger partial charge in [0.2, 0.25) is 6.17 Å². The van der Waals surface area contributed by atoms with E-state index in [4.69, 9.17) is 5.11 Å². The van der Waals surface area contributed by atoms with Crippen molar-refractivity contribution in [2.24, 2.45) is 0 Å². The molecular weight excluding hydrogens is 171 g/mol. The smallest absolute Gasteiger partial charge is 0.338 e. The quantitative estimate of drug-likeness (QED) is 0.775. The molecule has 0 heterocycles. The summed E-state index contributed by atoms with van der Waals surface area (Å²) in [5.74, 6) is -1.40. The van der Waals surface area contributed by atoms with Gasteiger partial charge in [0.1, 0.15) is 0 Å². The van der Waals surface area contributed by atoms with Crippen LogP contribution in [0.5, 0.6) is 0 Å². The van der Waals surface area contributed by atoms with Gasteiger partial charge in [0.15, 0.2) is 0 Å². The molecular formula is C10H11FO2. The lowest BCUT2D eigenvalue weighted by molar-refractivity contribution is -0.142. The Balaban J connectivity index is 2.64. The zero-order chi connectivity index (χ0) is 9.84. The maximum absolute atomic E-state index is 12.7. The minimum Gasteiger partial charge on any atom is -0.479 e. The Bertz CT molecular complexity index is 292. The highest BCUT2D eigenvalue weighted by atomic mass is 19.1. The van der Waals surface area contributed by atoms with Crippen molar-refractivity contribution in [2.75, 3.05) is 0 Å². The van der Waals surface area contributed by atoms with Crippen LogP contribution in [0.3, 0.4) is 0 Å². The minimum atomic E-state index is -1.80. The molecule has 1 atom stereocenters. The molecule has 0 aliphatic heterocycles. The van der Waals surface area contributed by atoms with Gasteiger partial charge >= 0.3 is 5.97 Å². The highest BCUT2D eigenvalue weighted by Gasteiger charge is 2.15. The third-order valence-electron chi connectivity index (χ3n) is 1.80. The van der Waals surface area contributed by atoms with Crippen LogP contribution in [0.2, 0.25) is 0 Å². The van der Waals surface area contributed by atoms with Crippen molar-refractivity contribution in [1.82, 2.24) is 0 Å². The first kappa shape index (κ1) is 9.71. The fourth-order valence-corrected chi connectivity index (χ4v) is 1.02. The molecule has 0 saturated carbocycles. The van der Waals surface area contributed by atoms with Crippen molar-refractivity contribution >= 4 is 5.97 Å². The number of hydrogen-bond donors (Lipinski definition) is 1. The molecule has 0 saturated heterocycles. The van der Waals surface area contributed by atoms with E-state index in [0.717, 1.165) is 5.56 Å². The SMILES string of the molecule is Cc1ccc(C[C@H](F)C(=O)O)cc1. The molecule has 0 spiro atoms. The minimum absolute atomic E-state index is 0.0599. The van der Waals surface area contributed by atoms with Crippen molar-refractivity contribution in [3.05, 3.63) is 35.4 Å². The fraction of sp³-hybridized carbons (Fsp3) is 0.300. The molecule has 1 aromatic carbocycles. The van der Waals surface area contributed by atoms with Gasteiger partial charge in [-0.25, -0.2) is 9.18 Å². The van der Waals surface area contributed by atoms with Crippen LogP contribution in [-0.4, -0.2) is 17.2 Å². The van der Waals surface area contributed by atoms with Crippen LogP contribution < -0.4 is 0 Å². The second kappa shape index (κ2) is 4.03. The van der Waals surface area contributed by atoms with E-state index in [2.05, 4.69) is 0 Å². The molecule has 3 heteroatoms. The summed E-state index contributed by atoms with van der Waals surface area (Å²) in [6, 6.07) is 7.16. The van der Waals surface area contributed by atoms with Crippen LogP contribution >= 0.6 is 0 Å². The van der Waals surface area contributed by atoms with Gasteiger partial charge in [-0.2, -0.15) is 0 Å². The number of hydrogen-bond acceptors (Lipinski definition) is 1. The lowest BCUT2D eigenvalue weighted by Crippen LogP contribution is -2.16. The molecule has 0 bridgehead atoms. The van der Waals surface area contributed by atoms with Gasteiger partial charge in [-0.1, -0.05) is 29.8 Å². The molecule has 0 aliphatic rings. The molecule has 0 unspecified atom stereocenters. The van der Waals surface area contributed by atoms with E-state index in [-0.39, 0.29) is 6.42 Å². The predicted octanol–water partition coefficient (Wildman–Crippen LogP) is 1.96. The van der Waals surface area contributed by atoms with Crippen molar-refractivity contribution in [3.8, 4) is 0 Å².